The summed E-state index contributed by atoms with van der Waals surface area (Å²) in [5.41, 5.74) is 6.03. The summed E-state index contributed by atoms with van der Waals surface area (Å²) in [6.45, 7) is 7.65. The molecule has 6 nitrogen and oxygen atoms in total. The zero-order valence-corrected chi connectivity index (χ0v) is 19.8. The first-order valence-electron chi connectivity index (χ1n) is 11.5. The van der Waals surface area contributed by atoms with Gasteiger partial charge in [0.1, 0.15) is 5.03 Å². The van der Waals surface area contributed by atoms with Crippen molar-refractivity contribution >= 4 is 27.8 Å². The zero-order valence-electron chi connectivity index (χ0n) is 19.0. The van der Waals surface area contributed by atoms with Gasteiger partial charge in [-0.1, -0.05) is 6.07 Å². The van der Waals surface area contributed by atoms with Crippen molar-refractivity contribution in [3.63, 3.8) is 0 Å². The highest BCUT2D eigenvalue weighted by Crippen LogP contribution is 2.37. The fraction of sp³-hybridized carbons (Fsp3) is 0.385. The van der Waals surface area contributed by atoms with E-state index in [0.717, 1.165) is 59.7 Å². The average Bonchev–Trinajstić information content (AvgIpc) is 3.49. The lowest BCUT2D eigenvalue weighted by molar-refractivity contribution is 0.117. The molecule has 33 heavy (non-hydrogen) atoms. The summed E-state index contributed by atoms with van der Waals surface area (Å²) in [5, 5.41) is 3.25. The minimum atomic E-state index is 0.224. The second-order valence-corrected chi connectivity index (χ2v) is 9.94. The summed E-state index contributed by atoms with van der Waals surface area (Å²) in [6.07, 6.45) is 2.43. The van der Waals surface area contributed by atoms with Crippen molar-refractivity contribution in [3.8, 4) is 11.5 Å². The molecule has 1 fully saturated rings. The molecule has 7 heteroatoms. The summed E-state index contributed by atoms with van der Waals surface area (Å²) in [7, 11) is 0. The third kappa shape index (κ3) is 4.15. The largest absolute Gasteiger partial charge is 0.454 e. The van der Waals surface area contributed by atoms with Crippen LogP contribution in [0.15, 0.2) is 46.4 Å². The molecule has 0 saturated carbocycles. The van der Waals surface area contributed by atoms with Gasteiger partial charge in [-0.3, -0.25) is 4.99 Å². The number of aryl methyl sites for hydroxylation is 2. The molecule has 1 atom stereocenters. The molecule has 3 aliphatic heterocycles. The molecule has 0 bridgehead atoms. The summed E-state index contributed by atoms with van der Waals surface area (Å²) in [6, 6.07) is 12.9. The first kappa shape index (κ1) is 20.8. The average molecular weight is 462 g/mol. The molecule has 1 aromatic heterocycles. The third-order valence-corrected chi connectivity index (χ3v) is 7.67. The number of fused-ring (bicyclic) bond motifs is 3. The number of amidine groups is 1. The van der Waals surface area contributed by atoms with Gasteiger partial charge in [0.2, 0.25) is 6.79 Å². The van der Waals surface area contributed by atoms with Gasteiger partial charge in [0.25, 0.3) is 0 Å². The predicted octanol–water partition coefficient (Wildman–Crippen LogP) is 5.22. The van der Waals surface area contributed by atoms with Gasteiger partial charge in [-0.2, -0.15) is 0 Å². The normalized spacial score (nSPS) is 20.6. The summed E-state index contributed by atoms with van der Waals surface area (Å²) in [4.78, 5) is 12.4. The van der Waals surface area contributed by atoms with Crippen LogP contribution in [-0.4, -0.2) is 41.1 Å². The molecule has 3 aliphatic rings. The van der Waals surface area contributed by atoms with E-state index in [1.165, 1.54) is 27.6 Å². The van der Waals surface area contributed by atoms with E-state index in [1.807, 2.05) is 6.07 Å². The maximum Gasteiger partial charge on any atom is 0.231 e. The highest BCUT2D eigenvalue weighted by Gasteiger charge is 2.26. The standard InChI is InChI=1S/C26H27N3O3S/c1-16-8-19-11-20-14-29(13-18-5-6-23-24(10-18)32-15-31-23)26(27-12-21-4-3-7-30-21)33-25(20)28-22(19)9-17(16)2/h5-6,8-11,21H,3-4,7,12-15H2,1-2H3/t21-/m0/s1. The molecule has 0 N–H and O–H groups in total. The van der Waals surface area contributed by atoms with Crippen LogP contribution in [0.25, 0.3) is 10.9 Å². The Labute approximate surface area is 198 Å². The van der Waals surface area contributed by atoms with Crippen LogP contribution in [0.1, 0.15) is 35.1 Å². The number of benzene rings is 2. The molecule has 0 radical (unpaired) electrons. The van der Waals surface area contributed by atoms with Gasteiger partial charge in [-0.25, -0.2) is 4.98 Å². The van der Waals surface area contributed by atoms with E-state index >= 15 is 0 Å². The van der Waals surface area contributed by atoms with Crippen molar-refractivity contribution < 1.29 is 14.2 Å². The molecule has 1 saturated heterocycles. The molecule has 0 spiro atoms. The first-order chi connectivity index (χ1) is 16.1. The molecule has 0 amide bonds. The number of aromatic nitrogens is 1. The van der Waals surface area contributed by atoms with Crippen molar-refractivity contribution in [1.29, 1.82) is 0 Å². The topological polar surface area (TPSA) is 56.2 Å². The van der Waals surface area contributed by atoms with Gasteiger partial charge in [0.15, 0.2) is 16.7 Å². The SMILES string of the molecule is Cc1cc2cc3c(nc2cc1C)SC(=NC[C@@H]1CCCO1)N(Cc1ccc2c(c1)OCO2)C3. The number of pyridine rings is 1. The number of thioether (sulfide) groups is 1. The molecule has 4 heterocycles. The van der Waals surface area contributed by atoms with Crippen LogP contribution in [0.3, 0.4) is 0 Å². The Kier molecular flexibility index (Phi) is 5.38. The smallest absolute Gasteiger partial charge is 0.231 e. The van der Waals surface area contributed by atoms with Crippen LogP contribution < -0.4 is 9.47 Å². The molecule has 3 aromatic rings. The van der Waals surface area contributed by atoms with E-state index in [-0.39, 0.29) is 12.9 Å². The van der Waals surface area contributed by atoms with Gasteiger partial charge < -0.3 is 19.1 Å². The van der Waals surface area contributed by atoms with Gasteiger partial charge >= 0.3 is 0 Å². The molecular weight excluding hydrogens is 434 g/mol. The van der Waals surface area contributed by atoms with Gasteiger partial charge in [-0.15, -0.1) is 0 Å². The monoisotopic (exact) mass is 461 g/mol. The molecular formula is C26H27N3O3S. The molecule has 0 aliphatic carbocycles. The van der Waals surface area contributed by atoms with E-state index < -0.39 is 0 Å². The lowest BCUT2D eigenvalue weighted by Crippen LogP contribution is -2.32. The van der Waals surface area contributed by atoms with Crippen LogP contribution in [0, 0.1) is 13.8 Å². The van der Waals surface area contributed by atoms with Gasteiger partial charge in [0, 0.05) is 30.6 Å². The lowest BCUT2D eigenvalue weighted by atomic mass is 10.0. The summed E-state index contributed by atoms with van der Waals surface area (Å²) >= 11 is 1.67. The number of aliphatic imine (C=N–C) groups is 1. The third-order valence-electron chi connectivity index (χ3n) is 6.55. The van der Waals surface area contributed by atoms with E-state index in [4.69, 9.17) is 24.2 Å². The van der Waals surface area contributed by atoms with Gasteiger partial charge in [0.05, 0.1) is 18.2 Å². The fourth-order valence-corrected chi connectivity index (χ4v) is 5.54. The lowest BCUT2D eigenvalue weighted by Gasteiger charge is -2.31. The van der Waals surface area contributed by atoms with E-state index in [2.05, 4.69) is 49.1 Å². The Balaban J connectivity index is 1.34. The number of ether oxygens (including phenoxy) is 3. The van der Waals surface area contributed by atoms with Crippen LogP contribution in [-0.2, 0) is 17.8 Å². The van der Waals surface area contributed by atoms with Crippen molar-refractivity contribution in [2.45, 2.75) is 50.9 Å². The van der Waals surface area contributed by atoms with Crippen molar-refractivity contribution in [2.75, 3.05) is 19.9 Å². The number of nitrogens with zero attached hydrogens (tertiary/aromatic N) is 3. The Bertz CT molecular complexity index is 1250. The van der Waals surface area contributed by atoms with Crippen LogP contribution in [0.2, 0.25) is 0 Å². The Morgan fingerprint density at radius 3 is 2.85 bits per heavy atom. The zero-order chi connectivity index (χ0) is 22.4. The number of hydrogen-bond donors (Lipinski definition) is 0. The van der Waals surface area contributed by atoms with Crippen molar-refractivity contribution in [3.05, 3.63) is 58.7 Å². The van der Waals surface area contributed by atoms with Crippen LogP contribution in [0.5, 0.6) is 11.5 Å². The van der Waals surface area contributed by atoms with Gasteiger partial charge in [-0.05, 0) is 85.5 Å². The van der Waals surface area contributed by atoms with Crippen LogP contribution >= 0.6 is 11.8 Å². The minimum absolute atomic E-state index is 0.224. The first-order valence-corrected chi connectivity index (χ1v) is 12.3. The van der Waals surface area contributed by atoms with E-state index in [9.17, 15) is 0 Å². The summed E-state index contributed by atoms with van der Waals surface area (Å²) < 4.78 is 16.9. The fourth-order valence-electron chi connectivity index (χ4n) is 4.58. The number of hydrogen-bond acceptors (Lipinski definition) is 6. The van der Waals surface area contributed by atoms with E-state index in [1.54, 1.807) is 11.8 Å². The van der Waals surface area contributed by atoms with Crippen molar-refractivity contribution in [1.82, 2.24) is 9.88 Å². The minimum Gasteiger partial charge on any atom is -0.454 e. The number of rotatable bonds is 4. The van der Waals surface area contributed by atoms with Crippen LogP contribution in [0.4, 0.5) is 0 Å². The molecule has 0 unspecified atom stereocenters. The molecule has 170 valence electrons. The molecule has 2 aromatic carbocycles. The highest BCUT2D eigenvalue weighted by atomic mass is 32.2. The summed E-state index contributed by atoms with van der Waals surface area (Å²) in [5.74, 6) is 1.62. The maximum absolute atomic E-state index is 5.82. The Morgan fingerprint density at radius 1 is 1.09 bits per heavy atom. The Morgan fingerprint density at radius 2 is 1.97 bits per heavy atom. The predicted molar refractivity (Wildman–Crippen MR) is 130 cm³/mol. The Hall–Kier alpha value is -2.77. The highest BCUT2D eigenvalue weighted by molar-refractivity contribution is 8.13. The molecule has 6 rings (SSSR count). The van der Waals surface area contributed by atoms with E-state index in [0.29, 0.717) is 6.54 Å². The second-order valence-electron chi connectivity index (χ2n) is 8.99. The quantitative estimate of drug-likeness (QED) is 0.531. The maximum atomic E-state index is 5.82. The second kappa shape index (κ2) is 8.54. The van der Waals surface area contributed by atoms with Crippen molar-refractivity contribution in [2.24, 2.45) is 4.99 Å².